The first-order valence-corrected chi connectivity index (χ1v) is 6.46. The Morgan fingerprint density at radius 1 is 1.42 bits per heavy atom. The van der Waals surface area contributed by atoms with Crippen LogP contribution in [0.25, 0.3) is 11.6 Å². The van der Waals surface area contributed by atoms with Gasteiger partial charge in [-0.05, 0) is 44.0 Å². The van der Waals surface area contributed by atoms with Gasteiger partial charge in [0.2, 0.25) is 0 Å². The normalized spacial score (nSPS) is 19.5. The number of aromatic nitrogens is 3. The van der Waals surface area contributed by atoms with Crippen LogP contribution in [0.3, 0.4) is 0 Å². The van der Waals surface area contributed by atoms with Crippen LogP contribution in [0.1, 0.15) is 18.7 Å². The van der Waals surface area contributed by atoms with Crippen molar-refractivity contribution in [3.63, 3.8) is 0 Å². The summed E-state index contributed by atoms with van der Waals surface area (Å²) in [5, 5.41) is 7.32. The number of nitrogens with one attached hydrogen (secondary N) is 1. The van der Waals surface area contributed by atoms with Crippen molar-refractivity contribution in [1.82, 2.24) is 20.4 Å². The van der Waals surface area contributed by atoms with E-state index in [0.717, 1.165) is 25.7 Å². The Kier molecular flexibility index (Phi) is 3.50. The molecule has 1 unspecified atom stereocenters. The van der Waals surface area contributed by atoms with Crippen LogP contribution in [0.15, 0.2) is 22.9 Å². The third kappa shape index (κ3) is 2.96. The molecule has 2 aromatic rings. The predicted octanol–water partition coefficient (Wildman–Crippen LogP) is 1.81. The van der Waals surface area contributed by atoms with Crippen LogP contribution in [-0.4, -0.2) is 28.2 Å². The summed E-state index contributed by atoms with van der Waals surface area (Å²) in [6.07, 6.45) is 4.32. The summed E-state index contributed by atoms with van der Waals surface area (Å²) in [7, 11) is 0. The Balaban J connectivity index is 1.70. The van der Waals surface area contributed by atoms with Gasteiger partial charge in [-0.3, -0.25) is 0 Å². The number of nitrogens with zero attached hydrogens (tertiary/aromatic N) is 3. The third-order valence-electron chi connectivity index (χ3n) is 3.28. The van der Waals surface area contributed by atoms with Gasteiger partial charge in [0.05, 0.1) is 6.20 Å². The van der Waals surface area contributed by atoms with Gasteiger partial charge in [0.15, 0.2) is 5.82 Å². The molecule has 2 aromatic heterocycles. The van der Waals surface area contributed by atoms with Crippen LogP contribution < -0.4 is 5.32 Å². The van der Waals surface area contributed by atoms with E-state index in [2.05, 4.69) is 20.4 Å². The summed E-state index contributed by atoms with van der Waals surface area (Å²) < 4.78 is 17.9. The van der Waals surface area contributed by atoms with E-state index in [-0.39, 0.29) is 5.82 Å². The zero-order chi connectivity index (χ0) is 13.1. The fourth-order valence-electron chi connectivity index (χ4n) is 2.30. The maximum atomic E-state index is 12.8. The monoisotopic (exact) mass is 262 g/mol. The lowest BCUT2D eigenvalue weighted by atomic mass is 9.96. The lowest BCUT2D eigenvalue weighted by molar-refractivity contribution is 0.359. The van der Waals surface area contributed by atoms with Gasteiger partial charge in [-0.15, -0.1) is 0 Å². The average molecular weight is 262 g/mol. The number of rotatable bonds is 3. The van der Waals surface area contributed by atoms with Gasteiger partial charge in [0.25, 0.3) is 5.89 Å². The summed E-state index contributed by atoms with van der Waals surface area (Å²) in [6, 6.07) is 2.87. The molecule has 6 heteroatoms. The quantitative estimate of drug-likeness (QED) is 0.914. The van der Waals surface area contributed by atoms with Crippen LogP contribution >= 0.6 is 0 Å². The maximum absolute atomic E-state index is 12.8. The molecule has 3 rings (SSSR count). The molecule has 0 saturated carbocycles. The predicted molar refractivity (Wildman–Crippen MR) is 66.8 cm³/mol. The van der Waals surface area contributed by atoms with Crippen molar-refractivity contribution in [2.45, 2.75) is 19.3 Å². The first-order valence-electron chi connectivity index (χ1n) is 6.46. The second kappa shape index (κ2) is 5.44. The minimum absolute atomic E-state index is 0.346. The van der Waals surface area contributed by atoms with Gasteiger partial charge in [0, 0.05) is 6.42 Å². The molecule has 0 aliphatic carbocycles. The van der Waals surface area contributed by atoms with Crippen LogP contribution in [0, 0.1) is 11.7 Å². The highest BCUT2D eigenvalue weighted by molar-refractivity contribution is 5.45. The second-order valence-electron chi connectivity index (χ2n) is 4.79. The Labute approximate surface area is 110 Å². The molecule has 0 radical (unpaired) electrons. The lowest BCUT2D eigenvalue weighted by Crippen LogP contribution is -2.31. The molecule has 1 N–H and O–H groups in total. The number of halogens is 1. The minimum atomic E-state index is -0.378. The maximum Gasteiger partial charge on any atom is 0.276 e. The van der Waals surface area contributed by atoms with E-state index in [4.69, 9.17) is 4.52 Å². The smallest absolute Gasteiger partial charge is 0.276 e. The van der Waals surface area contributed by atoms with E-state index in [1.807, 2.05) is 0 Å². The molecule has 1 aliphatic heterocycles. The highest BCUT2D eigenvalue weighted by Crippen LogP contribution is 2.18. The molecule has 1 saturated heterocycles. The molecular weight excluding hydrogens is 247 g/mol. The number of piperidine rings is 1. The van der Waals surface area contributed by atoms with Crippen molar-refractivity contribution in [1.29, 1.82) is 0 Å². The number of hydrogen-bond donors (Lipinski definition) is 1. The fourth-order valence-corrected chi connectivity index (χ4v) is 2.30. The Hall–Kier alpha value is -1.82. The molecule has 5 nitrogen and oxygen atoms in total. The summed E-state index contributed by atoms with van der Waals surface area (Å²) in [5.74, 6) is 1.21. The molecule has 0 amide bonds. The molecule has 0 aromatic carbocycles. The van der Waals surface area contributed by atoms with Gasteiger partial charge in [-0.2, -0.15) is 4.98 Å². The van der Waals surface area contributed by atoms with E-state index >= 15 is 0 Å². The summed E-state index contributed by atoms with van der Waals surface area (Å²) >= 11 is 0. The van der Waals surface area contributed by atoms with Crippen LogP contribution in [0.2, 0.25) is 0 Å². The molecule has 19 heavy (non-hydrogen) atoms. The summed E-state index contributed by atoms with van der Waals surface area (Å²) in [6.45, 7) is 2.09. The van der Waals surface area contributed by atoms with Crippen LogP contribution in [0.4, 0.5) is 4.39 Å². The highest BCUT2D eigenvalue weighted by atomic mass is 19.1. The molecular formula is C13H15FN4O. The SMILES string of the molecule is Fc1ccc(-c2nc(CC3CCCNC3)no2)nc1. The Morgan fingerprint density at radius 2 is 2.37 bits per heavy atom. The third-order valence-corrected chi connectivity index (χ3v) is 3.28. The van der Waals surface area contributed by atoms with Crippen molar-refractivity contribution in [3.8, 4) is 11.6 Å². The van der Waals surface area contributed by atoms with Gasteiger partial charge >= 0.3 is 0 Å². The zero-order valence-corrected chi connectivity index (χ0v) is 10.5. The summed E-state index contributed by atoms with van der Waals surface area (Å²) in [5.41, 5.74) is 0.502. The fraction of sp³-hybridized carbons (Fsp3) is 0.462. The standard InChI is InChI=1S/C13H15FN4O/c14-10-3-4-11(16-8-10)13-17-12(18-19-13)6-9-2-1-5-15-7-9/h3-4,8-9,15H,1-2,5-7H2. The lowest BCUT2D eigenvalue weighted by Gasteiger charge is -2.20. The molecule has 100 valence electrons. The second-order valence-corrected chi connectivity index (χ2v) is 4.79. The van der Waals surface area contributed by atoms with E-state index < -0.39 is 0 Å². The first kappa shape index (κ1) is 12.2. The molecule has 1 fully saturated rings. The van der Waals surface area contributed by atoms with Crippen LogP contribution in [-0.2, 0) is 6.42 Å². The largest absolute Gasteiger partial charge is 0.332 e. The average Bonchev–Trinajstić information content (AvgIpc) is 2.89. The topological polar surface area (TPSA) is 63.8 Å². The van der Waals surface area contributed by atoms with E-state index in [0.29, 0.717) is 23.3 Å². The zero-order valence-electron chi connectivity index (χ0n) is 10.5. The first-order chi connectivity index (χ1) is 9.31. The molecule has 3 heterocycles. The minimum Gasteiger partial charge on any atom is -0.332 e. The molecule has 1 atom stereocenters. The van der Waals surface area contributed by atoms with Gasteiger partial charge in [0.1, 0.15) is 11.5 Å². The van der Waals surface area contributed by atoms with Crippen molar-refractivity contribution >= 4 is 0 Å². The Bertz CT molecular complexity index is 534. The molecule has 0 bridgehead atoms. The van der Waals surface area contributed by atoms with Gasteiger partial charge in [-0.1, -0.05) is 5.16 Å². The molecule has 0 spiro atoms. The van der Waals surface area contributed by atoms with E-state index in [1.54, 1.807) is 0 Å². The summed E-state index contributed by atoms with van der Waals surface area (Å²) in [4.78, 5) is 8.24. The van der Waals surface area contributed by atoms with E-state index in [1.165, 1.54) is 25.0 Å². The number of hydrogen-bond acceptors (Lipinski definition) is 5. The Morgan fingerprint density at radius 3 is 3.11 bits per heavy atom. The number of pyridine rings is 1. The highest BCUT2D eigenvalue weighted by Gasteiger charge is 2.17. The van der Waals surface area contributed by atoms with Gasteiger partial charge in [-0.25, -0.2) is 9.37 Å². The van der Waals surface area contributed by atoms with Crippen molar-refractivity contribution in [2.75, 3.05) is 13.1 Å². The molecule has 1 aliphatic rings. The van der Waals surface area contributed by atoms with Crippen molar-refractivity contribution in [2.24, 2.45) is 5.92 Å². The van der Waals surface area contributed by atoms with Crippen molar-refractivity contribution < 1.29 is 8.91 Å². The van der Waals surface area contributed by atoms with Crippen LogP contribution in [0.5, 0.6) is 0 Å². The van der Waals surface area contributed by atoms with E-state index in [9.17, 15) is 4.39 Å². The van der Waals surface area contributed by atoms with Gasteiger partial charge < -0.3 is 9.84 Å². The van der Waals surface area contributed by atoms with Crippen molar-refractivity contribution in [3.05, 3.63) is 30.0 Å².